The number of sulfonamides is 1. The number of para-hydroxylation sites is 1. The van der Waals surface area contributed by atoms with Crippen LogP contribution in [0.3, 0.4) is 0 Å². The Hall–Kier alpha value is -3.13. The van der Waals surface area contributed by atoms with Gasteiger partial charge in [0.2, 0.25) is 0 Å². The second-order valence-electron chi connectivity index (χ2n) is 6.36. The molecule has 1 aromatic heterocycles. The molecule has 0 radical (unpaired) electrons. The quantitative estimate of drug-likeness (QED) is 0.682. The number of hydrogen-bond donors (Lipinski definition) is 1. The Balaban J connectivity index is 1.83. The van der Waals surface area contributed by atoms with Gasteiger partial charge < -0.3 is 9.64 Å². The zero-order chi connectivity index (χ0) is 20.3. The van der Waals surface area contributed by atoms with Crippen LogP contribution < -0.4 is 14.4 Å². The number of ether oxygens (including phenoxy) is 1. The Morgan fingerprint density at radius 2 is 1.68 bits per heavy atom. The molecule has 1 N–H and O–H groups in total. The van der Waals surface area contributed by atoms with Crippen molar-refractivity contribution in [2.45, 2.75) is 18.7 Å². The van der Waals surface area contributed by atoms with E-state index in [2.05, 4.69) is 14.9 Å². The SMILES string of the molecule is COc1cc(C)c(S(=O)(=O)Nc2ccc(N(C)c3ccccc3)nn2)cc1C. The maximum atomic E-state index is 12.8. The number of hydrogen-bond acceptors (Lipinski definition) is 6. The van der Waals surface area contributed by atoms with E-state index in [9.17, 15) is 8.42 Å². The summed E-state index contributed by atoms with van der Waals surface area (Å²) in [5.74, 6) is 1.40. The fourth-order valence-electron chi connectivity index (χ4n) is 2.81. The molecule has 0 atom stereocenters. The molecule has 3 rings (SSSR count). The van der Waals surface area contributed by atoms with E-state index in [0.29, 0.717) is 17.1 Å². The second-order valence-corrected chi connectivity index (χ2v) is 8.01. The van der Waals surface area contributed by atoms with Crippen LogP contribution in [0.25, 0.3) is 0 Å². The predicted molar refractivity (Wildman–Crippen MR) is 110 cm³/mol. The van der Waals surface area contributed by atoms with Crippen molar-refractivity contribution in [3.8, 4) is 5.75 Å². The molecule has 0 spiro atoms. The molecule has 28 heavy (non-hydrogen) atoms. The molecule has 0 fully saturated rings. The van der Waals surface area contributed by atoms with Crippen LogP contribution in [0.15, 0.2) is 59.5 Å². The van der Waals surface area contributed by atoms with E-state index < -0.39 is 10.0 Å². The summed E-state index contributed by atoms with van der Waals surface area (Å²) in [6.45, 7) is 3.52. The fraction of sp³-hybridized carbons (Fsp3) is 0.200. The summed E-state index contributed by atoms with van der Waals surface area (Å²) in [4.78, 5) is 2.04. The Morgan fingerprint density at radius 1 is 0.964 bits per heavy atom. The Morgan fingerprint density at radius 3 is 2.29 bits per heavy atom. The van der Waals surface area contributed by atoms with Crippen LogP contribution in [0, 0.1) is 13.8 Å². The highest BCUT2D eigenvalue weighted by Crippen LogP contribution is 2.27. The summed E-state index contributed by atoms with van der Waals surface area (Å²) in [6.07, 6.45) is 0. The van der Waals surface area contributed by atoms with Crippen molar-refractivity contribution in [2.24, 2.45) is 0 Å². The van der Waals surface area contributed by atoms with Gasteiger partial charge in [0, 0.05) is 12.7 Å². The van der Waals surface area contributed by atoms with Gasteiger partial charge in [-0.1, -0.05) is 18.2 Å². The zero-order valence-corrected chi connectivity index (χ0v) is 17.0. The van der Waals surface area contributed by atoms with Crippen molar-refractivity contribution in [2.75, 3.05) is 23.8 Å². The monoisotopic (exact) mass is 398 g/mol. The lowest BCUT2D eigenvalue weighted by atomic mass is 10.1. The van der Waals surface area contributed by atoms with Gasteiger partial charge in [-0.15, -0.1) is 10.2 Å². The van der Waals surface area contributed by atoms with Crippen LogP contribution in [0.4, 0.5) is 17.3 Å². The normalized spacial score (nSPS) is 11.1. The highest BCUT2D eigenvalue weighted by atomic mass is 32.2. The minimum absolute atomic E-state index is 0.151. The van der Waals surface area contributed by atoms with E-state index in [1.54, 1.807) is 45.2 Å². The molecule has 7 nitrogen and oxygen atoms in total. The molecular formula is C20H22N4O3S. The summed E-state index contributed by atoms with van der Waals surface area (Å²) >= 11 is 0. The van der Waals surface area contributed by atoms with Crippen LogP contribution in [-0.4, -0.2) is 32.8 Å². The Kier molecular flexibility index (Phi) is 5.51. The Bertz CT molecular complexity index is 1070. The second kappa shape index (κ2) is 7.85. The number of benzene rings is 2. The molecule has 0 aliphatic carbocycles. The lowest BCUT2D eigenvalue weighted by Crippen LogP contribution is -2.17. The number of aromatic nitrogens is 2. The molecule has 0 aliphatic heterocycles. The van der Waals surface area contributed by atoms with Gasteiger partial charge in [-0.2, -0.15) is 0 Å². The smallest absolute Gasteiger partial charge is 0.263 e. The van der Waals surface area contributed by atoms with Crippen molar-refractivity contribution in [1.29, 1.82) is 0 Å². The van der Waals surface area contributed by atoms with E-state index >= 15 is 0 Å². The van der Waals surface area contributed by atoms with Crippen LogP contribution in [0.2, 0.25) is 0 Å². The van der Waals surface area contributed by atoms with E-state index in [4.69, 9.17) is 4.74 Å². The minimum Gasteiger partial charge on any atom is -0.496 e. The number of rotatable bonds is 6. The predicted octanol–water partition coefficient (Wildman–Crippen LogP) is 3.67. The molecule has 1 heterocycles. The molecule has 0 aliphatic rings. The number of anilines is 3. The largest absolute Gasteiger partial charge is 0.496 e. The van der Waals surface area contributed by atoms with E-state index in [-0.39, 0.29) is 10.7 Å². The number of nitrogens with one attached hydrogen (secondary N) is 1. The van der Waals surface area contributed by atoms with Gasteiger partial charge in [0.05, 0.1) is 12.0 Å². The third-order valence-electron chi connectivity index (χ3n) is 4.36. The van der Waals surface area contributed by atoms with Crippen molar-refractivity contribution < 1.29 is 13.2 Å². The summed E-state index contributed by atoms with van der Waals surface area (Å²) in [5, 5.41) is 8.14. The molecule has 146 valence electrons. The summed E-state index contributed by atoms with van der Waals surface area (Å²) in [6, 6.07) is 16.3. The number of nitrogens with zero attached hydrogens (tertiary/aromatic N) is 3. The van der Waals surface area contributed by atoms with E-state index in [1.807, 2.05) is 42.3 Å². The van der Waals surface area contributed by atoms with Crippen LogP contribution in [0.1, 0.15) is 11.1 Å². The van der Waals surface area contributed by atoms with Gasteiger partial charge in [0.25, 0.3) is 10.0 Å². The van der Waals surface area contributed by atoms with Crippen molar-refractivity contribution in [3.05, 3.63) is 65.7 Å². The first kappa shape index (κ1) is 19.6. The maximum absolute atomic E-state index is 12.8. The molecule has 0 unspecified atom stereocenters. The maximum Gasteiger partial charge on any atom is 0.263 e. The molecule has 0 saturated carbocycles. The molecule has 0 amide bonds. The zero-order valence-electron chi connectivity index (χ0n) is 16.2. The third-order valence-corrected chi connectivity index (χ3v) is 5.86. The highest BCUT2D eigenvalue weighted by molar-refractivity contribution is 7.92. The average molecular weight is 398 g/mol. The third kappa shape index (κ3) is 4.07. The number of aryl methyl sites for hydroxylation is 2. The fourth-order valence-corrected chi connectivity index (χ4v) is 4.12. The lowest BCUT2D eigenvalue weighted by Gasteiger charge is -2.18. The standard InChI is InChI=1S/C20H22N4O3S/c1-14-13-18(15(2)12-17(14)27-4)28(25,26)23-19-10-11-20(22-21-19)24(3)16-8-6-5-7-9-16/h5-13H,1-4H3,(H,21,23). The Labute approximate surface area is 165 Å². The molecule has 0 saturated heterocycles. The van der Waals surface area contributed by atoms with Crippen LogP contribution in [-0.2, 0) is 10.0 Å². The number of methoxy groups -OCH3 is 1. The molecular weight excluding hydrogens is 376 g/mol. The van der Waals surface area contributed by atoms with Gasteiger partial charge in [-0.3, -0.25) is 4.72 Å². The van der Waals surface area contributed by atoms with E-state index in [0.717, 1.165) is 11.3 Å². The van der Waals surface area contributed by atoms with Gasteiger partial charge in [0.15, 0.2) is 11.6 Å². The van der Waals surface area contributed by atoms with E-state index in [1.165, 1.54) is 0 Å². The van der Waals surface area contributed by atoms with Crippen LogP contribution in [0.5, 0.6) is 5.75 Å². The van der Waals surface area contributed by atoms with Crippen molar-refractivity contribution in [1.82, 2.24) is 10.2 Å². The summed E-state index contributed by atoms with van der Waals surface area (Å²) in [7, 11) is -0.377. The molecule has 2 aromatic carbocycles. The lowest BCUT2D eigenvalue weighted by molar-refractivity contribution is 0.411. The average Bonchev–Trinajstić information content (AvgIpc) is 2.69. The first-order valence-electron chi connectivity index (χ1n) is 8.62. The first-order chi connectivity index (χ1) is 13.3. The van der Waals surface area contributed by atoms with Crippen LogP contribution >= 0.6 is 0 Å². The van der Waals surface area contributed by atoms with Gasteiger partial charge >= 0.3 is 0 Å². The highest BCUT2D eigenvalue weighted by Gasteiger charge is 2.20. The van der Waals surface area contributed by atoms with Crippen molar-refractivity contribution in [3.63, 3.8) is 0 Å². The van der Waals surface area contributed by atoms with Gasteiger partial charge in [-0.05, 0) is 61.4 Å². The van der Waals surface area contributed by atoms with Gasteiger partial charge in [0.1, 0.15) is 5.75 Å². The molecule has 8 heteroatoms. The molecule has 3 aromatic rings. The minimum atomic E-state index is -3.80. The summed E-state index contributed by atoms with van der Waals surface area (Å²) in [5.41, 5.74) is 2.28. The van der Waals surface area contributed by atoms with Gasteiger partial charge in [-0.25, -0.2) is 8.42 Å². The summed E-state index contributed by atoms with van der Waals surface area (Å²) < 4.78 is 33.3. The van der Waals surface area contributed by atoms with Crippen molar-refractivity contribution >= 4 is 27.3 Å². The molecule has 0 bridgehead atoms. The topological polar surface area (TPSA) is 84.4 Å². The first-order valence-corrected chi connectivity index (χ1v) is 10.1.